The summed E-state index contributed by atoms with van der Waals surface area (Å²) in [5.41, 5.74) is 1.99. The molecule has 1 aromatic carbocycles. The Bertz CT molecular complexity index is 595. The highest BCUT2D eigenvalue weighted by Crippen LogP contribution is 2.31. The van der Waals surface area contributed by atoms with Crippen LogP contribution in [0.5, 0.6) is 0 Å². The van der Waals surface area contributed by atoms with Crippen molar-refractivity contribution >= 4 is 21.5 Å². The maximum atomic E-state index is 11.9. The second-order valence-electron chi connectivity index (χ2n) is 4.61. The van der Waals surface area contributed by atoms with E-state index in [9.17, 15) is 13.2 Å². The summed E-state index contributed by atoms with van der Waals surface area (Å²) in [4.78, 5) is 11.9. The fourth-order valence-corrected chi connectivity index (χ4v) is 3.18. The molecule has 0 aliphatic heterocycles. The number of fused-ring (bicyclic) bond motifs is 1. The van der Waals surface area contributed by atoms with E-state index in [1.807, 2.05) is 0 Å². The first-order valence-corrected chi connectivity index (χ1v) is 7.91. The number of methoxy groups -OCH3 is 1. The van der Waals surface area contributed by atoms with Crippen LogP contribution >= 0.6 is 0 Å². The van der Waals surface area contributed by atoms with E-state index in [4.69, 9.17) is 4.74 Å². The molecule has 6 heteroatoms. The molecule has 0 saturated carbocycles. The molecule has 0 bridgehead atoms. The van der Waals surface area contributed by atoms with Crippen molar-refractivity contribution in [2.45, 2.75) is 19.3 Å². The quantitative estimate of drug-likeness (QED) is 0.787. The fraction of sp³-hybridized carbons (Fsp3) is 0.462. The molecule has 104 valence electrons. The van der Waals surface area contributed by atoms with Crippen LogP contribution < -0.4 is 4.31 Å². The Morgan fingerprint density at radius 3 is 2.68 bits per heavy atom. The minimum absolute atomic E-state index is 0.0521. The first kappa shape index (κ1) is 14.0. The highest BCUT2D eigenvalue weighted by Gasteiger charge is 2.25. The van der Waals surface area contributed by atoms with E-state index in [0.717, 1.165) is 18.2 Å². The van der Waals surface area contributed by atoms with Crippen LogP contribution in [0.1, 0.15) is 28.8 Å². The van der Waals surface area contributed by atoms with Gasteiger partial charge in [0.25, 0.3) is 0 Å². The van der Waals surface area contributed by atoms with Gasteiger partial charge in [-0.2, -0.15) is 0 Å². The summed E-state index contributed by atoms with van der Waals surface area (Å²) in [5.74, 6) is 0.0777. The smallest absolute Gasteiger partial charge is 0.234 e. The van der Waals surface area contributed by atoms with Crippen molar-refractivity contribution in [3.05, 3.63) is 29.3 Å². The molecule has 0 saturated heterocycles. The van der Waals surface area contributed by atoms with Crippen molar-refractivity contribution in [2.24, 2.45) is 0 Å². The van der Waals surface area contributed by atoms with Gasteiger partial charge in [0.05, 0.1) is 11.9 Å². The summed E-state index contributed by atoms with van der Waals surface area (Å²) in [7, 11) is -1.99. The highest BCUT2D eigenvalue weighted by molar-refractivity contribution is 7.92. The topological polar surface area (TPSA) is 63.7 Å². The van der Waals surface area contributed by atoms with Crippen LogP contribution in [-0.2, 0) is 21.2 Å². The van der Waals surface area contributed by atoms with Crippen molar-refractivity contribution in [1.82, 2.24) is 0 Å². The molecule has 2 rings (SSSR count). The summed E-state index contributed by atoms with van der Waals surface area (Å²) in [5, 5.41) is 0. The van der Waals surface area contributed by atoms with Crippen LogP contribution in [0.15, 0.2) is 18.2 Å². The van der Waals surface area contributed by atoms with Crippen LogP contribution in [0, 0.1) is 0 Å². The standard InChI is InChI=1S/C13H17NO4S/c1-18-9-14(19(2,16)17)12-7-3-6-11-10(12)5-4-8-13(11)15/h3,6-7H,4-5,8-9H2,1-2H3. The largest absolute Gasteiger partial charge is 0.363 e. The number of ketones is 1. The first-order chi connectivity index (χ1) is 8.95. The minimum atomic E-state index is -3.43. The Balaban J connectivity index is 2.55. The Morgan fingerprint density at radius 2 is 2.05 bits per heavy atom. The molecule has 1 aromatic rings. The number of hydrogen-bond donors (Lipinski definition) is 0. The molecule has 19 heavy (non-hydrogen) atoms. The van der Waals surface area contributed by atoms with E-state index in [0.29, 0.717) is 24.1 Å². The van der Waals surface area contributed by atoms with Gasteiger partial charge >= 0.3 is 0 Å². The van der Waals surface area contributed by atoms with Gasteiger partial charge in [0.15, 0.2) is 5.78 Å². The molecule has 5 nitrogen and oxygen atoms in total. The van der Waals surface area contributed by atoms with E-state index < -0.39 is 10.0 Å². The Hall–Kier alpha value is -1.40. The number of carbonyl (C=O) groups excluding carboxylic acids is 1. The molecule has 0 N–H and O–H groups in total. The van der Waals surface area contributed by atoms with E-state index in [2.05, 4.69) is 0 Å². The summed E-state index contributed by atoms with van der Waals surface area (Å²) < 4.78 is 29.9. The third-order valence-corrected chi connectivity index (χ3v) is 4.30. The van der Waals surface area contributed by atoms with Crippen LogP contribution in [0.2, 0.25) is 0 Å². The average molecular weight is 283 g/mol. The van der Waals surface area contributed by atoms with Crippen molar-refractivity contribution < 1.29 is 17.9 Å². The van der Waals surface area contributed by atoms with Gasteiger partial charge in [-0.25, -0.2) is 12.7 Å². The number of hydrogen-bond acceptors (Lipinski definition) is 4. The zero-order valence-corrected chi connectivity index (χ0v) is 11.9. The second kappa shape index (κ2) is 5.30. The molecular formula is C13H17NO4S. The number of ether oxygens (including phenoxy) is 1. The molecule has 0 aromatic heterocycles. The number of Topliss-reactive ketones (excluding diaryl/α,β-unsaturated/α-hetero) is 1. The van der Waals surface area contributed by atoms with E-state index in [1.54, 1.807) is 18.2 Å². The normalized spacial score (nSPS) is 15.2. The van der Waals surface area contributed by atoms with Gasteiger partial charge in [0, 0.05) is 19.1 Å². The second-order valence-corrected chi connectivity index (χ2v) is 6.52. The summed E-state index contributed by atoms with van der Waals surface area (Å²) in [6.07, 6.45) is 3.13. The first-order valence-electron chi connectivity index (χ1n) is 6.07. The number of rotatable bonds is 4. The van der Waals surface area contributed by atoms with Gasteiger partial charge in [-0.05, 0) is 24.5 Å². The van der Waals surface area contributed by atoms with Crippen molar-refractivity contribution in [1.29, 1.82) is 0 Å². The third kappa shape index (κ3) is 2.79. The van der Waals surface area contributed by atoms with Crippen LogP contribution in [-0.4, -0.2) is 34.3 Å². The SMILES string of the molecule is COCN(c1cccc2c1CCCC2=O)S(C)(=O)=O. The van der Waals surface area contributed by atoms with Crippen molar-refractivity contribution in [3.63, 3.8) is 0 Å². The predicted octanol–water partition coefficient (Wildman–Crippen LogP) is 1.58. The Labute approximate surface area is 113 Å². The molecule has 0 atom stereocenters. The zero-order valence-electron chi connectivity index (χ0n) is 11.0. The molecule has 0 heterocycles. The van der Waals surface area contributed by atoms with E-state index >= 15 is 0 Å². The minimum Gasteiger partial charge on any atom is -0.363 e. The molecule has 0 radical (unpaired) electrons. The summed E-state index contributed by atoms with van der Waals surface area (Å²) in [6.45, 7) is -0.0521. The summed E-state index contributed by atoms with van der Waals surface area (Å²) >= 11 is 0. The van der Waals surface area contributed by atoms with Crippen LogP contribution in [0.3, 0.4) is 0 Å². The molecule has 0 amide bonds. The van der Waals surface area contributed by atoms with Gasteiger partial charge in [0.2, 0.25) is 10.0 Å². The number of sulfonamides is 1. The lowest BCUT2D eigenvalue weighted by molar-refractivity contribution is 0.0972. The van der Waals surface area contributed by atoms with Gasteiger partial charge in [-0.15, -0.1) is 0 Å². The number of nitrogens with zero attached hydrogens (tertiary/aromatic N) is 1. The molecule has 0 spiro atoms. The van der Waals surface area contributed by atoms with Crippen LogP contribution in [0.25, 0.3) is 0 Å². The molecule has 1 aliphatic carbocycles. The fourth-order valence-electron chi connectivity index (χ4n) is 2.35. The van der Waals surface area contributed by atoms with E-state index in [1.165, 1.54) is 11.4 Å². The van der Waals surface area contributed by atoms with Gasteiger partial charge in [0.1, 0.15) is 6.73 Å². The maximum absolute atomic E-state index is 11.9. The van der Waals surface area contributed by atoms with Gasteiger partial charge < -0.3 is 4.74 Å². The number of anilines is 1. The predicted molar refractivity (Wildman–Crippen MR) is 72.9 cm³/mol. The molecule has 0 fully saturated rings. The van der Waals surface area contributed by atoms with Gasteiger partial charge in [-0.3, -0.25) is 4.79 Å². The van der Waals surface area contributed by atoms with Crippen LogP contribution in [0.4, 0.5) is 5.69 Å². The maximum Gasteiger partial charge on any atom is 0.234 e. The monoisotopic (exact) mass is 283 g/mol. The zero-order chi connectivity index (χ0) is 14.0. The third-order valence-electron chi connectivity index (χ3n) is 3.20. The molecule has 1 aliphatic rings. The Kier molecular flexibility index (Phi) is 3.91. The lowest BCUT2D eigenvalue weighted by Gasteiger charge is -2.26. The average Bonchev–Trinajstić information content (AvgIpc) is 2.35. The van der Waals surface area contributed by atoms with Crippen molar-refractivity contribution in [3.8, 4) is 0 Å². The van der Waals surface area contributed by atoms with E-state index in [-0.39, 0.29) is 12.5 Å². The molecule has 0 unspecified atom stereocenters. The molecular weight excluding hydrogens is 266 g/mol. The number of carbonyl (C=O) groups is 1. The number of benzene rings is 1. The lowest BCUT2D eigenvalue weighted by Crippen LogP contribution is -2.33. The highest BCUT2D eigenvalue weighted by atomic mass is 32.2. The summed E-state index contributed by atoms with van der Waals surface area (Å²) in [6, 6.07) is 5.19. The lowest BCUT2D eigenvalue weighted by atomic mass is 9.89. The van der Waals surface area contributed by atoms with Crippen molar-refractivity contribution in [2.75, 3.05) is 24.4 Å². The van der Waals surface area contributed by atoms with Gasteiger partial charge in [-0.1, -0.05) is 12.1 Å². The Morgan fingerprint density at radius 1 is 1.32 bits per heavy atom.